The summed E-state index contributed by atoms with van der Waals surface area (Å²) in [7, 11) is 0. The lowest BCUT2D eigenvalue weighted by molar-refractivity contribution is 0.228. The van der Waals surface area contributed by atoms with E-state index in [4.69, 9.17) is 11.6 Å². The molecule has 126 valence electrons. The molecule has 0 fully saturated rings. The molecule has 0 unspecified atom stereocenters. The second-order valence-corrected chi connectivity index (χ2v) is 5.79. The Morgan fingerprint density at radius 2 is 1.96 bits per heavy atom. The third-order valence-corrected chi connectivity index (χ3v) is 4.41. The molecule has 0 saturated carbocycles. The number of hydrogen-bond donors (Lipinski definition) is 1. The predicted molar refractivity (Wildman–Crippen MR) is 94.2 cm³/mol. The Balaban J connectivity index is 1.82. The van der Waals surface area contributed by atoms with Gasteiger partial charge in [0, 0.05) is 11.6 Å². The molecule has 7 nitrogen and oxygen atoms in total. The number of nitrogens with one attached hydrogen (secondary N) is 1. The van der Waals surface area contributed by atoms with Gasteiger partial charge in [0.05, 0.1) is 6.04 Å². The number of likely N-dealkylation sites (N-methyl/N-ethyl adjacent to an activating group) is 1. The van der Waals surface area contributed by atoms with Crippen LogP contribution >= 0.6 is 11.6 Å². The predicted octanol–water partition coefficient (Wildman–Crippen LogP) is 2.67. The molecule has 24 heavy (non-hydrogen) atoms. The average molecular weight is 346 g/mol. The van der Waals surface area contributed by atoms with Gasteiger partial charge in [-0.15, -0.1) is 14.8 Å². The molecule has 3 aromatic rings. The Labute approximate surface area is 145 Å². The molecule has 0 bridgehead atoms. The smallest absolute Gasteiger partial charge is 0.200 e. The van der Waals surface area contributed by atoms with E-state index in [9.17, 15) is 0 Å². The van der Waals surface area contributed by atoms with Crippen molar-refractivity contribution < 1.29 is 0 Å². The highest BCUT2D eigenvalue weighted by molar-refractivity contribution is 6.31. The van der Waals surface area contributed by atoms with Crippen LogP contribution in [0.5, 0.6) is 0 Å². The highest BCUT2D eigenvalue weighted by atomic mass is 35.5. The number of rotatable bonds is 7. The van der Waals surface area contributed by atoms with Crippen molar-refractivity contribution in [3.63, 3.8) is 0 Å². The van der Waals surface area contributed by atoms with Gasteiger partial charge < -0.3 is 5.32 Å². The van der Waals surface area contributed by atoms with E-state index in [0.717, 1.165) is 29.5 Å². The molecular weight excluding hydrogens is 326 g/mol. The standard InChI is InChI=1S/C16H20ClN7/c1-3-23(4-2)14(12-7-5-6-8-13(12)17)11-18-15-9-10-16-19-21-22-24(16)20-15/h5-10,14H,3-4,11H2,1-2H3,(H,18,20)/t14-/m0/s1. The van der Waals surface area contributed by atoms with Crippen molar-refractivity contribution in [1.82, 2.24) is 30.2 Å². The molecule has 0 aliphatic heterocycles. The van der Waals surface area contributed by atoms with Gasteiger partial charge in [-0.25, -0.2) is 0 Å². The SMILES string of the molecule is CCN(CC)[C@@H](CNc1ccc2nnnn2n1)c1ccccc1Cl. The molecule has 1 aromatic carbocycles. The molecule has 0 spiro atoms. The molecule has 1 atom stereocenters. The summed E-state index contributed by atoms with van der Waals surface area (Å²) in [4.78, 5) is 2.36. The van der Waals surface area contributed by atoms with Crippen molar-refractivity contribution in [2.45, 2.75) is 19.9 Å². The van der Waals surface area contributed by atoms with E-state index < -0.39 is 0 Å². The lowest BCUT2D eigenvalue weighted by Crippen LogP contribution is -2.33. The van der Waals surface area contributed by atoms with Crippen LogP contribution in [-0.4, -0.2) is 49.8 Å². The summed E-state index contributed by atoms with van der Waals surface area (Å²) < 4.78 is 1.41. The molecule has 2 heterocycles. The van der Waals surface area contributed by atoms with Gasteiger partial charge in [-0.2, -0.15) is 0 Å². The Morgan fingerprint density at radius 3 is 2.71 bits per heavy atom. The number of halogens is 1. The van der Waals surface area contributed by atoms with Crippen LogP contribution in [0.25, 0.3) is 5.65 Å². The summed E-state index contributed by atoms with van der Waals surface area (Å²) in [6, 6.07) is 11.8. The van der Waals surface area contributed by atoms with E-state index in [2.05, 4.69) is 50.8 Å². The molecule has 2 aromatic heterocycles. The van der Waals surface area contributed by atoms with Gasteiger partial charge in [0.15, 0.2) is 5.65 Å². The monoisotopic (exact) mass is 345 g/mol. The molecule has 8 heteroatoms. The molecule has 0 saturated heterocycles. The van der Waals surface area contributed by atoms with Crippen molar-refractivity contribution >= 4 is 23.1 Å². The Bertz CT molecular complexity index is 800. The fourth-order valence-electron chi connectivity index (χ4n) is 2.79. The Kier molecular flexibility index (Phi) is 5.22. The lowest BCUT2D eigenvalue weighted by Gasteiger charge is -2.31. The molecule has 1 N–H and O–H groups in total. The number of aromatic nitrogens is 5. The van der Waals surface area contributed by atoms with Crippen LogP contribution in [0.15, 0.2) is 36.4 Å². The summed E-state index contributed by atoms with van der Waals surface area (Å²) in [5.41, 5.74) is 1.73. The van der Waals surface area contributed by atoms with Crippen LogP contribution in [0.4, 0.5) is 5.82 Å². The van der Waals surface area contributed by atoms with Gasteiger partial charge in [-0.3, -0.25) is 4.90 Å². The zero-order valence-electron chi connectivity index (χ0n) is 13.7. The van der Waals surface area contributed by atoms with E-state index in [1.165, 1.54) is 4.63 Å². The minimum atomic E-state index is 0.153. The molecule has 0 aliphatic rings. The summed E-state index contributed by atoms with van der Waals surface area (Å²) >= 11 is 6.42. The van der Waals surface area contributed by atoms with Crippen LogP contribution in [0.2, 0.25) is 5.02 Å². The van der Waals surface area contributed by atoms with Crippen LogP contribution in [0, 0.1) is 0 Å². The minimum absolute atomic E-state index is 0.153. The van der Waals surface area contributed by atoms with Crippen LogP contribution in [-0.2, 0) is 0 Å². The number of nitrogens with zero attached hydrogens (tertiary/aromatic N) is 6. The number of fused-ring (bicyclic) bond motifs is 1. The Hall–Kier alpha value is -2.25. The summed E-state index contributed by atoms with van der Waals surface area (Å²) in [6.07, 6.45) is 0. The maximum absolute atomic E-state index is 6.42. The van der Waals surface area contributed by atoms with Crippen LogP contribution < -0.4 is 5.32 Å². The zero-order chi connectivity index (χ0) is 16.9. The maximum Gasteiger partial charge on any atom is 0.200 e. The quantitative estimate of drug-likeness (QED) is 0.710. The third-order valence-electron chi connectivity index (χ3n) is 4.06. The van der Waals surface area contributed by atoms with Gasteiger partial charge >= 0.3 is 0 Å². The zero-order valence-corrected chi connectivity index (χ0v) is 14.5. The van der Waals surface area contributed by atoms with Crippen molar-refractivity contribution in [1.29, 1.82) is 0 Å². The largest absolute Gasteiger partial charge is 0.367 e. The van der Waals surface area contributed by atoms with Gasteiger partial charge in [0.1, 0.15) is 5.82 Å². The first-order chi connectivity index (χ1) is 11.7. The fourth-order valence-corrected chi connectivity index (χ4v) is 3.05. The molecular formula is C16H20ClN7. The highest BCUT2D eigenvalue weighted by Crippen LogP contribution is 2.27. The lowest BCUT2D eigenvalue weighted by atomic mass is 10.0. The van der Waals surface area contributed by atoms with E-state index in [1.807, 2.05) is 30.3 Å². The second-order valence-electron chi connectivity index (χ2n) is 5.38. The molecule has 0 amide bonds. The van der Waals surface area contributed by atoms with Crippen molar-refractivity contribution in [2.24, 2.45) is 0 Å². The van der Waals surface area contributed by atoms with Crippen LogP contribution in [0.3, 0.4) is 0 Å². The summed E-state index contributed by atoms with van der Waals surface area (Å²) in [5.74, 6) is 0.721. The molecule has 0 radical (unpaired) electrons. The van der Waals surface area contributed by atoms with Gasteiger partial charge in [-0.05, 0) is 47.3 Å². The number of benzene rings is 1. The summed E-state index contributed by atoms with van der Waals surface area (Å²) in [5, 5.41) is 19.8. The first-order valence-electron chi connectivity index (χ1n) is 8.00. The minimum Gasteiger partial charge on any atom is -0.367 e. The van der Waals surface area contributed by atoms with Crippen molar-refractivity contribution in [3.05, 3.63) is 47.0 Å². The first kappa shape index (κ1) is 16.6. The average Bonchev–Trinajstić information content (AvgIpc) is 3.07. The molecule has 0 aliphatic carbocycles. The van der Waals surface area contributed by atoms with Crippen molar-refractivity contribution in [3.8, 4) is 0 Å². The van der Waals surface area contributed by atoms with Crippen molar-refractivity contribution in [2.75, 3.05) is 25.0 Å². The maximum atomic E-state index is 6.42. The molecule has 3 rings (SSSR count). The van der Waals surface area contributed by atoms with Crippen LogP contribution in [0.1, 0.15) is 25.5 Å². The van der Waals surface area contributed by atoms with E-state index in [0.29, 0.717) is 12.2 Å². The second kappa shape index (κ2) is 7.55. The Morgan fingerprint density at radius 1 is 1.17 bits per heavy atom. The van der Waals surface area contributed by atoms with E-state index >= 15 is 0 Å². The number of tetrazole rings is 1. The first-order valence-corrected chi connectivity index (χ1v) is 8.38. The fraction of sp³-hybridized carbons (Fsp3) is 0.375. The van der Waals surface area contributed by atoms with Gasteiger partial charge in [0.25, 0.3) is 0 Å². The number of hydrogen-bond acceptors (Lipinski definition) is 6. The summed E-state index contributed by atoms with van der Waals surface area (Å²) in [6.45, 7) is 6.87. The highest BCUT2D eigenvalue weighted by Gasteiger charge is 2.20. The van der Waals surface area contributed by atoms with E-state index in [1.54, 1.807) is 0 Å². The number of anilines is 1. The third kappa shape index (κ3) is 3.47. The topological polar surface area (TPSA) is 71.2 Å². The van der Waals surface area contributed by atoms with Gasteiger partial charge in [-0.1, -0.05) is 43.6 Å². The van der Waals surface area contributed by atoms with Gasteiger partial charge in [0.2, 0.25) is 0 Å². The normalized spacial score (nSPS) is 12.7. The van der Waals surface area contributed by atoms with E-state index in [-0.39, 0.29) is 6.04 Å².